The van der Waals surface area contributed by atoms with E-state index in [9.17, 15) is 9.90 Å². The van der Waals surface area contributed by atoms with E-state index < -0.39 is 12.1 Å². The third-order valence-corrected chi connectivity index (χ3v) is 4.16. The quantitative estimate of drug-likeness (QED) is 0.523. The van der Waals surface area contributed by atoms with E-state index in [1.165, 1.54) is 0 Å². The molecule has 0 spiro atoms. The van der Waals surface area contributed by atoms with Gasteiger partial charge in [-0.05, 0) is 37.1 Å². The van der Waals surface area contributed by atoms with Gasteiger partial charge in [0.05, 0.1) is 5.71 Å². The Morgan fingerprint density at radius 3 is 2.69 bits per heavy atom. The van der Waals surface area contributed by atoms with Gasteiger partial charge in [0.1, 0.15) is 6.61 Å². The zero-order chi connectivity index (χ0) is 18.9. The Hall–Kier alpha value is -2.37. The molecule has 0 aliphatic heterocycles. The van der Waals surface area contributed by atoms with E-state index in [-0.39, 0.29) is 6.61 Å². The minimum Gasteiger partial charge on any atom is -0.479 e. The van der Waals surface area contributed by atoms with Gasteiger partial charge in [0.25, 0.3) is 0 Å². The molecule has 0 fully saturated rings. The smallest absolute Gasteiger partial charge is 0.333 e. The first-order chi connectivity index (χ1) is 12.5. The van der Waals surface area contributed by atoms with Gasteiger partial charge in [0.2, 0.25) is 0 Å². The Kier molecular flexibility index (Phi) is 7.63. The fraction of sp³-hybridized carbons (Fsp3) is 0.300. The molecule has 0 bridgehead atoms. The molecule has 0 aromatic heterocycles. The summed E-state index contributed by atoms with van der Waals surface area (Å²) in [6, 6.07) is 15.0. The molecule has 0 amide bonds. The fourth-order valence-corrected chi connectivity index (χ4v) is 2.61. The molecular weight excluding hydrogens is 354 g/mol. The predicted molar refractivity (Wildman–Crippen MR) is 102 cm³/mol. The van der Waals surface area contributed by atoms with Crippen molar-refractivity contribution in [3.8, 4) is 0 Å². The number of ether oxygens (including phenoxy) is 1. The van der Waals surface area contributed by atoms with Crippen molar-refractivity contribution in [3.63, 3.8) is 0 Å². The summed E-state index contributed by atoms with van der Waals surface area (Å²) in [6.07, 6.45) is -0.561. The molecule has 2 rings (SSSR count). The molecule has 0 aliphatic carbocycles. The fourth-order valence-electron chi connectivity index (χ4n) is 2.42. The van der Waals surface area contributed by atoms with Crippen LogP contribution in [0.3, 0.4) is 0 Å². The molecule has 0 saturated carbocycles. The van der Waals surface area contributed by atoms with E-state index in [1.54, 1.807) is 13.0 Å². The van der Waals surface area contributed by atoms with Gasteiger partial charge in [-0.15, -0.1) is 0 Å². The molecule has 1 N–H and O–H groups in total. The van der Waals surface area contributed by atoms with Crippen LogP contribution >= 0.6 is 11.6 Å². The van der Waals surface area contributed by atoms with Crippen molar-refractivity contribution in [2.75, 3.05) is 6.61 Å². The van der Waals surface area contributed by atoms with Crippen LogP contribution in [0.15, 0.2) is 53.7 Å². The topological polar surface area (TPSA) is 68.1 Å². The van der Waals surface area contributed by atoms with Crippen LogP contribution in [0.25, 0.3) is 0 Å². The van der Waals surface area contributed by atoms with Crippen molar-refractivity contribution in [1.29, 1.82) is 0 Å². The van der Waals surface area contributed by atoms with E-state index in [0.29, 0.717) is 23.8 Å². The Morgan fingerprint density at radius 1 is 1.23 bits per heavy atom. The van der Waals surface area contributed by atoms with Crippen molar-refractivity contribution in [1.82, 2.24) is 0 Å². The van der Waals surface area contributed by atoms with Crippen LogP contribution < -0.4 is 0 Å². The lowest BCUT2D eigenvalue weighted by atomic mass is 10.0. The maximum atomic E-state index is 11.2. The highest BCUT2D eigenvalue weighted by molar-refractivity contribution is 6.31. The summed E-state index contributed by atoms with van der Waals surface area (Å²) in [7, 11) is 0. The second-order valence-electron chi connectivity index (χ2n) is 5.73. The van der Waals surface area contributed by atoms with E-state index in [0.717, 1.165) is 16.7 Å². The summed E-state index contributed by atoms with van der Waals surface area (Å²) in [5, 5.41) is 14.0. The maximum absolute atomic E-state index is 11.2. The second kappa shape index (κ2) is 9.94. The molecule has 2 aromatic carbocycles. The van der Waals surface area contributed by atoms with Crippen molar-refractivity contribution >= 4 is 23.3 Å². The number of halogens is 1. The van der Waals surface area contributed by atoms with Gasteiger partial charge in [-0.1, -0.05) is 53.2 Å². The van der Waals surface area contributed by atoms with Gasteiger partial charge >= 0.3 is 5.97 Å². The molecule has 2 aromatic rings. The van der Waals surface area contributed by atoms with Gasteiger partial charge in [0.15, 0.2) is 6.10 Å². The number of carbonyl (C=O) groups is 1. The van der Waals surface area contributed by atoms with Gasteiger partial charge in [-0.25, -0.2) is 4.79 Å². The molecule has 0 unspecified atom stereocenters. The average molecular weight is 376 g/mol. The van der Waals surface area contributed by atoms with Crippen molar-refractivity contribution in [3.05, 3.63) is 70.2 Å². The first kappa shape index (κ1) is 19.9. The van der Waals surface area contributed by atoms with Gasteiger partial charge in [-0.2, -0.15) is 0 Å². The number of rotatable bonds is 9. The Bertz CT molecular complexity index is 776. The monoisotopic (exact) mass is 375 g/mol. The largest absolute Gasteiger partial charge is 0.479 e. The molecule has 6 heteroatoms. The summed E-state index contributed by atoms with van der Waals surface area (Å²) >= 11 is 6.09. The number of nitrogens with zero attached hydrogens (tertiary/aromatic N) is 1. The normalized spacial score (nSPS) is 12.7. The highest BCUT2D eigenvalue weighted by atomic mass is 35.5. The lowest BCUT2D eigenvalue weighted by Crippen LogP contribution is -2.26. The first-order valence-corrected chi connectivity index (χ1v) is 8.72. The maximum Gasteiger partial charge on any atom is 0.333 e. The lowest BCUT2D eigenvalue weighted by molar-refractivity contribution is -0.149. The van der Waals surface area contributed by atoms with Gasteiger partial charge < -0.3 is 14.7 Å². The van der Waals surface area contributed by atoms with Crippen molar-refractivity contribution < 1.29 is 19.5 Å². The van der Waals surface area contributed by atoms with E-state index in [1.807, 2.05) is 49.4 Å². The van der Waals surface area contributed by atoms with Crippen molar-refractivity contribution in [2.24, 2.45) is 5.16 Å². The standard InChI is InChI=1S/C20H22ClNO4/c1-3-25-19(20(23)24)12-15-7-6-9-16(11-15)14(2)22-26-13-17-8-4-5-10-18(17)21/h4-11,19H,3,12-13H2,1-2H3,(H,23,24)/b22-14+/t19-/m0/s1. The summed E-state index contributed by atoms with van der Waals surface area (Å²) in [6.45, 7) is 4.25. The summed E-state index contributed by atoms with van der Waals surface area (Å²) in [4.78, 5) is 16.6. The Morgan fingerprint density at radius 2 is 2.00 bits per heavy atom. The number of benzene rings is 2. The molecule has 0 radical (unpaired) electrons. The molecule has 1 atom stereocenters. The summed E-state index contributed by atoms with van der Waals surface area (Å²) in [5.41, 5.74) is 3.29. The van der Waals surface area contributed by atoms with Crippen LogP contribution in [0, 0.1) is 0 Å². The number of hydrogen-bond acceptors (Lipinski definition) is 4. The van der Waals surface area contributed by atoms with E-state index in [2.05, 4.69) is 5.16 Å². The number of oxime groups is 1. The molecule has 0 aliphatic rings. The highest BCUT2D eigenvalue weighted by Crippen LogP contribution is 2.16. The average Bonchev–Trinajstić information content (AvgIpc) is 2.63. The van der Waals surface area contributed by atoms with Crippen LogP contribution in [0.2, 0.25) is 5.02 Å². The molecule has 0 saturated heterocycles. The van der Waals surface area contributed by atoms with Crippen molar-refractivity contribution in [2.45, 2.75) is 33.0 Å². The summed E-state index contributed by atoms with van der Waals surface area (Å²) < 4.78 is 5.27. The molecule has 26 heavy (non-hydrogen) atoms. The third-order valence-electron chi connectivity index (χ3n) is 3.79. The van der Waals surface area contributed by atoms with E-state index >= 15 is 0 Å². The van der Waals surface area contributed by atoms with Gasteiger partial charge in [0, 0.05) is 23.6 Å². The zero-order valence-electron chi connectivity index (χ0n) is 14.8. The molecular formula is C20H22ClNO4. The first-order valence-electron chi connectivity index (χ1n) is 8.35. The van der Waals surface area contributed by atoms with E-state index in [4.69, 9.17) is 21.2 Å². The molecule has 0 heterocycles. The lowest BCUT2D eigenvalue weighted by Gasteiger charge is -2.13. The van der Waals surface area contributed by atoms with Crippen LogP contribution in [0.1, 0.15) is 30.5 Å². The molecule has 5 nitrogen and oxygen atoms in total. The Balaban J connectivity index is 2.03. The van der Waals surface area contributed by atoms with Gasteiger partial charge in [-0.3, -0.25) is 0 Å². The van der Waals surface area contributed by atoms with Crippen LogP contribution in [0.5, 0.6) is 0 Å². The SMILES string of the molecule is CCO[C@@H](Cc1cccc(/C(C)=N/OCc2ccccc2Cl)c1)C(=O)O. The second-order valence-corrected chi connectivity index (χ2v) is 6.14. The molecule has 138 valence electrons. The summed E-state index contributed by atoms with van der Waals surface area (Å²) in [5.74, 6) is -0.967. The van der Waals surface area contributed by atoms with Crippen LogP contribution in [0.4, 0.5) is 0 Å². The van der Waals surface area contributed by atoms with Crippen LogP contribution in [-0.2, 0) is 27.4 Å². The minimum atomic E-state index is -0.967. The number of carboxylic acids is 1. The predicted octanol–water partition coefficient (Wildman–Crippen LogP) is 4.31. The van der Waals surface area contributed by atoms with Crippen LogP contribution in [-0.4, -0.2) is 29.5 Å². The highest BCUT2D eigenvalue weighted by Gasteiger charge is 2.18. The Labute approximate surface area is 158 Å². The zero-order valence-corrected chi connectivity index (χ0v) is 15.6. The number of aliphatic carboxylic acids is 1. The number of carboxylic acid groups (broad SMARTS) is 1. The third kappa shape index (κ3) is 5.86. The number of hydrogen-bond donors (Lipinski definition) is 1. The minimum absolute atomic E-state index is 0.280.